The van der Waals surface area contributed by atoms with Gasteiger partial charge < -0.3 is 5.11 Å². The molecule has 0 aliphatic rings. The Labute approximate surface area is 118 Å². The van der Waals surface area contributed by atoms with Gasteiger partial charge in [0.15, 0.2) is 0 Å². The van der Waals surface area contributed by atoms with Crippen LogP contribution in [-0.2, 0) is 0 Å². The molecule has 1 heterocycles. The maximum atomic E-state index is 11.2. The molecule has 0 aliphatic carbocycles. The van der Waals surface area contributed by atoms with Gasteiger partial charge in [-0.15, -0.1) is 5.10 Å². The molecule has 0 aliphatic heterocycles. The van der Waals surface area contributed by atoms with Crippen LogP contribution in [0.4, 0.5) is 0 Å². The summed E-state index contributed by atoms with van der Waals surface area (Å²) in [5.74, 6) is -0.960. The molecule has 2 rings (SSSR count). The zero-order valence-electron chi connectivity index (χ0n) is 12.0. The number of carboxylic acids is 1. The van der Waals surface area contributed by atoms with Crippen molar-refractivity contribution in [2.45, 2.75) is 52.0 Å². The minimum atomic E-state index is -0.960. The van der Waals surface area contributed by atoms with Gasteiger partial charge in [0.1, 0.15) is 5.52 Å². The number of aromatic carboxylic acids is 1. The number of hydrogen-bond donors (Lipinski definition) is 1. The second-order valence-corrected chi connectivity index (χ2v) is 5.21. The second kappa shape index (κ2) is 6.50. The van der Waals surface area contributed by atoms with E-state index in [1.807, 2.05) is 10.7 Å². The molecule has 1 N–H and O–H groups in total. The van der Waals surface area contributed by atoms with Crippen molar-refractivity contribution in [3.05, 3.63) is 23.8 Å². The van der Waals surface area contributed by atoms with Crippen LogP contribution in [0.5, 0.6) is 0 Å². The fraction of sp³-hybridized carbons (Fsp3) is 0.533. The monoisotopic (exact) mass is 275 g/mol. The SMILES string of the molecule is CCCCCCC(C)n1nnc2c(C(=O)O)cccc21. The fourth-order valence-electron chi connectivity index (χ4n) is 2.45. The van der Waals surface area contributed by atoms with Crippen LogP contribution in [-0.4, -0.2) is 26.1 Å². The van der Waals surface area contributed by atoms with Gasteiger partial charge in [0.05, 0.1) is 17.1 Å². The van der Waals surface area contributed by atoms with E-state index in [9.17, 15) is 4.79 Å². The van der Waals surface area contributed by atoms with Gasteiger partial charge >= 0.3 is 5.97 Å². The van der Waals surface area contributed by atoms with Gasteiger partial charge in [0, 0.05) is 0 Å². The predicted octanol–water partition coefficient (Wildman–Crippen LogP) is 3.66. The van der Waals surface area contributed by atoms with Gasteiger partial charge in [-0.25, -0.2) is 9.48 Å². The summed E-state index contributed by atoms with van der Waals surface area (Å²) in [4.78, 5) is 11.2. The minimum absolute atomic E-state index is 0.215. The van der Waals surface area contributed by atoms with Crippen molar-refractivity contribution in [3.63, 3.8) is 0 Å². The summed E-state index contributed by atoms with van der Waals surface area (Å²) in [5, 5.41) is 17.3. The smallest absolute Gasteiger partial charge is 0.338 e. The van der Waals surface area contributed by atoms with Gasteiger partial charge in [-0.3, -0.25) is 0 Å². The largest absolute Gasteiger partial charge is 0.478 e. The molecule has 0 radical (unpaired) electrons. The lowest BCUT2D eigenvalue weighted by molar-refractivity contribution is 0.0699. The van der Waals surface area contributed by atoms with Crippen LogP contribution in [0.3, 0.4) is 0 Å². The van der Waals surface area contributed by atoms with Gasteiger partial charge in [-0.2, -0.15) is 0 Å². The number of hydrogen-bond acceptors (Lipinski definition) is 3. The average molecular weight is 275 g/mol. The first kappa shape index (κ1) is 14.5. The molecule has 5 nitrogen and oxygen atoms in total. The molecular weight excluding hydrogens is 254 g/mol. The Morgan fingerprint density at radius 1 is 1.35 bits per heavy atom. The van der Waals surface area contributed by atoms with Crippen molar-refractivity contribution in [2.75, 3.05) is 0 Å². The molecule has 2 aromatic rings. The third kappa shape index (κ3) is 2.98. The summed E-state index contributed by atoms with van der Waals surface area (Å²) in [5.41, 5.74) is 1.49. The maximum absolute atomic E-state index is 11.2. The van der Waals surface area contributed by atoms with Crippen LogP contribution < -0.4 is 0 Å². The van der Waals surface area contributed by atoms with Crippen molar-refractivity contribution >= 4 is 17.0 Å². The van der Waals surface area contributed by atoms with E-state index >= 15 is 0 Å². The molecular formula is C15H21N3O2. The van der Waals surface area contributed by atoms with Crippen LogP contribution in [0.2, 0.25) is 0 Å². The Bertz CT molecular complexity index is 592. The second-order valence-electron chi connectivity index (χ2n) is 5.21. The maximum Gasteiger partial charge on any atom is 0.338 e. The fourth-order valence-corrected chi connectivity index (χ4v) is 2.45. The van der Waals surface area contributed by atoms with Crippen LogP contribution in [0.1, 0.15) is 62.4 Å². The normalized spacial score (nSPS) is 12.7. The van der Waals surface area contributed by atoms with Crippen molar-refractivity contribution in [1.82, 2.24) is 15.0 Å². The quantitative estimate of drug-likeness (QED) is 0.783. The molecule has 5 heteroatoms. The summed E-state index contributed by atoms with van der Waals surface area (Å²) >= 11 is 0. The number of carboxylic acid groups (broad SMARTS) is 1. The molecule has 0 fully saturated rings. The third-order valence-electron chi connectivity index (χ3n) is 3.63. The van der Waals surface area contributed by atoms with E-state index in [4.69, 9.17) is 5.11 Å². The standard InChI is InChI=1S/C15H21N3O2/c1-3-4-5-6-8-11(2)18-13-10-7-9-12(15(19)20)14(13)16-17-18/h7,9-11H,3-6,8H2,1-2H3,(H,19,20). The first-order valence-corrected chi connectivity index (χ1v) is 7.22. The summed E-state index contributed by atoms with van der Waals surface area (Å²) in [6, 6.07) is 5.43. The molecule has 0 saturated carbocycles. The topological polar surface area (TPSA) is 68.0 Å². The van der Waals surface area contributed by atoms with Crippen molar-refractivity contribution in [1.29, 1.82) is 0 Å². The molecule has 0 spiro atoms. The molecule has 1 atom stereocenters. The Morgan fingerprint density at radius 2 is 2.15 bits per heavy atom. The van der Waals surface area contributed by atoms with E-state index < -0.39 is 5.97 Å². The highest BCUT2D eigenvalue weighted by atomic mass is 16.4. The Morgan fingerprint density at radius 3 is 2.85 bits per heavy atom. The van der Waals surface area contributed by atoms with Gasteiger partial charge in [-0.1, -0.05) is 43.9 Å². The molecule has 1 aromatic carbocycles. The van der Waals surface area contributed by atoms with Crippen LogP contribution in [0, 0.1) is 0 Å². The van der Waals surface area contributed by atoms with E-state index in [0.717, 1.165) is 18.4 Å². The minimum Gasteiger partial charge on any atom is -0.478 e. The first-order chi connectivity index (χ1) is 9.65. The molecule has 0 saturated heterocycles. The lowest BCUT2D eigenvalue weighted by Crippen LogP contribution is -2.07. The number of fused-ring (bicyclic) bond motifs is 1. The molecule has 0 amide bonds. The lowest BCUT2D eigenvalue weighted by Gasteiger charge is -2.12. The number of benzene rings is 1. The molecule has 20 heavy (non-hydrogen) atoms. The summed E-state index contributed by atoms with van der Waals surface area (Å²) < 4.78 is 1.84. The zero-order chi connectivity index (χ0) is 14.5. The first-order valence-electron chi connectivity index (χ1n) is 7.22. The van der Waals surface area contributed by atoms with Crippen LogP contribution >= 0.6 is 0 Å². The number of unbranched alkanes of at least 4 members (excludes halogenated alkanes) is 3. The number of nitrogens with zero attached hydrogens (tertiary/aromatic N) is 3. The van der Waals surface area contributed by atoms with Gasteiger partial charge in [-0.05, 0) is 25.5 Å². The summed E-state index contributed by atoms with van der Waals surface area (Å²) in [7, 11) is 0. The number of aromatic nitrogens is 3. The highest BCUT2D eigenvalue weighted by Gasteiger charge is 2.16. The van der Waals surface area contributed by atoms with Gasteiger partial charge in [0.25, 0.3) is 0 Å². The van der Waals surface area contributed by atoms with E-state index in [0.29, 0.717) is 5.52 Å². The molecule has 1 unspecified atom stereocenters. The Kier molecular flexibility index (Phi) is 4.71. The van der Waals surface area contributed by atoms with Crippen molar-refractivity contribution in [2.24, 2.45) is 0 Å². The molecule has 108 valence electrons. The van der Waals surface area contributed by atoms with E-state index in [1.165, 1.54) is 19.3 Å². The Hall–Kier alpha value is -1.91. The highest BCUT2D eigenvalue weighted by Crippen LogP contribution is 2.22. The Balaban J connectivity index is 2.18. The van der Waals surface area contributed by atoms with Gasteiger partial charge in [0.2, 0.25) is 0 Å². The van der Waals surface area contributed by atoms with Crippen molar-refractivity contribution < 1.29 is 9.90 Å². The molecule has 1 aromatic heterocycles. The number of rotatable bonds is 7. The highest BCUT2D eigenvalue weighted by molar-refractivity contribution is 6.00. The van der Waals surface area contributed by atoms with E-state index in [1.54, 1.807) is 12.1 Å². The third-order valence-corrected chi connectivity index (χ3v) is 3.63. The van der Waals surface area contributed by atoms with E-state index in [-0.39, 0.29) is 11.6 Å². The van der Waals surface area contributed by atoms with Crippen molar-refractivity contribution in [3.8, 4) is 0 Å². The summed E-state index contributed by atoms with van der Waals surface area (Å²) in [6.07, 6.45) is 5.91. The van der Waals surface area contributed by atoms with Crippen LogP contribution in [0.15, 0.2) is 18.2 Å². The van der Waals surface area contributed by atoms with Crippen LogP contribution in [0.25, 0.3) is 11.0 Å². The summed E-state index contributed by atoms with van der Waals surface area (Å²) in [6.45, 7) is 4.30. The zero-order valence-corrected chi connectivity index (χ0v) is 12.0. The number of carbonyl (C=O) groups is 1. The predicted molar refractivity (Wildman–Crippen MR) is 78.0 cm³/mol. The average Bonchev–Trinajstić information content (AvgIpc) is 2.87. The lowest BCUT2D eigenvalue weighted by atomic mass is 10.1. The van der Waals surface area contributed by atoms with E-state index in [2.05, 4.69) is 24.2 Å². The molecule has 0 bridgehead atoms.